The first-order valence-corrected chi connectivity index (χ1v) is 8.71. The van der Waals surface area contributed by atoms with E-state index in [1.54, 1.807) is 14.1 Å². The second-order valence-electron chi connectivity index (χ2n) is 4.72. The number of nitrogens with zero attached hydrogens (tertiary/aromatic N) is 4. The van der Waals surface area contributed by atoms with E-state index < -0.39 is 10.0 Å². The van der Waals surface area contributed by atoms with Crippen LogP contribution < -0.4 is 0 Å². The maximum Gasteiger partial charge on any atom is 0.262 e. The van der Waals surface area contributed by atoms with E-state index in [9.17, 15) is 8.42 Å². The van der Waals surface area contributed by atoms with Crippen LogP contribution >= 0.6 is 15.9 Å². The van der Waals surface area contributed by atoms with Crippen molar-refractivity contribution in [2.75, 3.05) is 13.6 Å². The molecule has 1 aromatic carbocycles. The van der Waals surface area contributed by atoms with Crippen LogP contribution in [0, 0.1) is 0 Å². The second kappa shape index (κ2) is 6.67. The van der Waals surface area contributed by atoms with Gasteiger partial charge in [-0.15, -0.1) is 5.10 Å². The molecular formula is C13H17BrN4O2S. The standard InChI is InChI=1S/C13H17BrN4O2S/c1-17(10-6-9-11-7-4-3-5-8-11)21(19,20)13-12(14)15-16-18(13)2/h3-5,7-8H,6,9-10H2,1-2H3. The molecule has 0 aliphatic carbocycles. The summed E-state index contributed by atoms with van der Waals surface area (Å²) >= 11 is 3.13. The van der Waals surface area contributed by atoms with Gasteiger partial charge in [-0.3, -0.25) is 0 Å². The molecule has 21 heavy (non-hydrogen) atoms. The maximum absolute atomic E-state index is 12.5. The van der Waals surface area contributed by atoms with Crippen molar-refractivity contribution in [3.8, 4) is 0 Å². The van der Waals surface area contributed by atoms with Gasteiger partial charge < -0.3 is 0 Å². The highest BCUT2D eigenvalue weighted by Gasteiger charge is 2.28. The quantitative estimate of drug-likeness (QED) is 0.775. The fourth-order valence-electron chi connectivity index (χ4n) is 2.01. The third-order valence-electron chi connectivity index (χ3n) is 3.17. The lowest BCUT2D eigenvalue weighted by molar-refractivity contribution is 0.452. The highest BCUT2D eigenvalue weighted by Crippen LogP contribution is 2.21. The summed E-state index contributed by atoms with van der Waals surface area (Å²) in [5.41, 5.74) is 1.20. The minimum absolute atomic E-state index is 0.0738. The van der Waals surface area contributed by atoms with Crippen LogP contribution in [0.15, 0.2) is 40.0 Å². The maximum atomic E-state index is 12.5. The van der Waals surface area contributed by atoms with Gasteiger partial charge in [0, 0.05) is 20.6 Å². The summed E-state index contributed by atoms with van der Waals surface area (Å²) in [4.78, 5) is 0. The summed E-state index contributed by atoms with van der Waals surface area (Å²) in [6, 6.07) is 10.0. The van der Waals surface area contributed by atoms with E-state index in [0.717, 1.165) is 12.8 Å². The first kappa shape index (κ1) is 16.1. The number of aryl methyl sites for hydroxylation is 2. The van der Waals surface area contributed by atoms with E-state index in [0.29, 0.717) is 6.54 Å². The van der Waals surface area contributed by atoms with Gasteiger partial charge in [-0.05, 0) is 34.3 Å². The molecule has 0 atom stereocenters. The SMILES string of the molecule is CN(CCCc1ccccc1)S(=O)(=O)c1c(Br)nnn1C. The van der Waals surface area contributed by atoms with Crippen LogP contribution in [0.25, 0.3) is 0 Å². The summed E-state index contributed by atoms with van der Waals surface area (Å²) in [6.45, 7) is 0.439. The second-order valence-corrected chi connectivity index (χ2v) is 7.44. The van der Waals surface area contributed by atoms with Gasteiger partial charge in [-0.25, -0.2) is 13.1 Å². The smallest absolute Gasteiger partial charge is 0.235 e. The highest BCUT2D eigenvalue weighted by atomic mass is 79.9. The van der Waals surface area contributed by atoms with E-state index in [-0.39, 0.29) is 9.63 Å². The van der Waals surface area contributed by atoms with Crippen LogP contribution in [0.1, 0.15) is 12.0 Å². The Balaban J connectivity index is 2.01. The topological polar surface area (TPSA) is 68.1 Å². The molecule has 1 heterocycles. The van der Waals surface area contributed by atoms with Gasteiger partial charge in [0.2, 0.25) is 5.03 Å². The third-order valence-corrected chi connectivity index (χ3v) is 5.92. The molecular weight excluding hydrogens is 356 g/mol. The number of rotatable bonds is 6. The van der Waals surface area contributed by atoms with Crippen molar-refractivity contribution in [3.05, 3.63) is 40.5 Å². The molecule has 2 rings (SSSR count). The zero-order valence-corrected chi connectivity index (χ0v) is 14.3. The van der Waals surface area contributed by atoms with Crippen molar-refractivity contribution >= 4 is 26.0 Å². The summed E-state index contributed by atoms with van der Waals surface area (Å²) in [6.07, 6.45) is 1.59. The van der Waals surface area contributed by atoms with E-state index >= 15 is 0 Å². The monoisotopic (exact) mass is 372 g/mol. The van der Waals surface area contributed by atoms with Gasteiger partial charge in [-0.1, -0.05) is 35.5 Å². The Morgan fingerprint density at radius 3 is 2.52 bits per heavy atom. The van der Waals surface area contributed by atoms with Crippen LogP contribution in [-0.2, 0) is 23.5 Å². The van der Waals surface area contributed by atoms with Crippen molar-refractivity contribution in [1.29, 1.82) is 0 Å². The Labute approximate surface area is 132 Å². The molecule has 0 fully saturated rings. The van der Waals surface area contributed by atoms with Gasteiger partial charge in [0.15, 0.2) is 4.60 Å². The largest absolute Gasteiger partial charge is 0.262 e. The van der Waals surface area contributed by atoms with E-state index in [4.69, 9.17) is 0 Å². The summed E-state index contributed by atoms with van der Waals surface area (Å²) in [5.74, 6) is 0. The number of sulfonamides is 1. The van der Waals surface area contributed by atoms with Gasteiger partial charge in [0.25, 0.3) is 10.0 Å². The molecule has 0 N–H and O–H groups in total. The van der Waals surface area contributed by atoms with Crippen LogP contribution in [0.2, 0.25) is 0 Å². The van der Waals surface area contributed by atoms with E-state index in [1.807, 2.05) is 30.3 Å². The van der Waals surface area contributed by atoms with E-state index in [1.165, 1.54) is 14.6 Å². The third kappa shape index (κ3) is 3.69. The molecule has 6 nitrogen and oxygen atoms in total. The number of halogens is 1. The predicted octanol–water partition coefficient (Wildman–Crippen LogP) is 1.83. The van der Waals surface area contributed by atoms with Crippen LogP contribution in [0.3, 0.4) is 0 Å². The molecule has 0 saturated heterocycles. The zero-order valence-electron chi connectivity index (χ0n) is 11.9. The summed E-state index contributed by atoms with van der Waals surface area (Å²) in [5, 5.41) is 7.50. The number of hydrogen-bond acceptors (Lipinski definition) is 4. The fraction of sp³-hybridized carbons (Fsp3) is 0.385. The zero-order chi connectivity index (χ0) is 15.5. The van der Waals surface area contributed by atoms with Crippen molar-refractivity contribution in [1.82, 2.24) is 19.3 Å². The Bertz CT molecular complexity index is 681. The normalized spacial score (nSPS) is 12.0. The predicted molar refractivity (Wildman–Crippen MR) is 83.3 cm³/mol. The molecule has 0 bridgehead atoms. The average Bonchev–Trinajstić information content (AvgIpc) is 2.79. The molecule has 0 radical (unpaired) electrons. The van der Waals surface area contributed by atoms with Gasteiger partial charge >= 0.3 is 0 Å². The summed E-state index contributed by atoms with van der Waals surface area (Å²) in [7, 11) is -0.460. The Hall–Kier alpha value is -1.25. The lowest BCUT2D eigenvalue weighted by Crippen LogP contribution is -2.30. The molecule has 2 aromatic rings. The molecule has 1 aromatic heterocycles. The number of benzene rings is 1. The molecule has 114 valence electrons. The van der Waals surface area contributed by atoms with Crippen LogP contribution in [0.5, 0.6) is 0 Å². The molecule has 0 aliphatic rings. The minimum Gasteiger partial charge on any atom is -0.235 e. The molecule has 0 amide bonds. The van der Waals surface area contributed by atoms with Gasteiger partial charge in [0.05, 0.1) is 0 Å². The molecule has 0 saturated carbocycles. The Kier molecular flexibility index (Phi) is 5.13. The first-order valence-electron chi connectivity index (χ1n) is 6.48. The minimum atomic E-state index is -3.59. The molecule has 8 heteroatoms. The Morgan fingerprint density at radius 1 is 1.29 bits per heavy atom. The molecule has 0 spiro atoms. The number of aromatic nitrogens is 3. The molecule has 0 aliphatic heterocycles. The fourth-order valence-corrected chi connectivity index (χ4v) is 4.24. The lowest BCUT2D eigenvalue weighted by Gasteiger charge is -2.16. The molecule has 0 unspecified atom stereocenters. The average molecular weight is 373 g/mol. The van der Waals surface area contributed by atoms with Crippen LogP contribution in [0.4, 0.5) is 0 Å². The van der Waals surface area contributed by atoms with Crippen molar-refractivity contribution in [2.24, 2.45) is 7.05 Å². The van der Waals surface area contributed by atoms with Crippen molar-refractivity contribution < 1.29 is 8.42 Å². The first-order chi connectivity index (χ1) is 9.93. The van der Waals surface area contributed by atoms with Gasteiger partial charge in [-0.2, -0.15) is 4.31 Å². The number of hydrogen-bond donors (Lipinski definition) is 0. The van der Waals surface area contributed by atoms with Gasteiger partial charge in [0.1, 0.15) is 0 Å². The van der Waals surface area contributed by atoms with Crippen LogP contribution in [-0.4, -0.2) is 41.3 Å². The summed E-state index contributed by atoms with van der Waals surface area (Å²) < 4.78 is 27.8. The lowest BCUT2D eigenvalue weighted by atomic mass is 10.1. The Morgan fingerprint density at radius 2 is 1.95 bits per heavy atom. The van der Waals surface area contributed by atoms with E-state index in [2.05, 4.69) is 26.2 Å². The van der Waals surface area contributed by atoms with Crippen molar-refractivity contribution in [2.45, 2.75) is 17.9 Å². The highest BCUT2D eigenvalue weighted by molar-refractivity contribution is 9.10. The van der Waals surface area contributed by atoms with Crippen molar-refractivity contribution in [3.63, 3.8) is 0 Å².